The van der Waals surface area contributed by atoms with Crippen molar-refractivity contribution in [3.05, 3.63) is 0 Å². The minimum atomic E-state index is -1.57. The molecule has 0 aliphatic carbocycles. The highest BCUT2D eigenvalue weighted by atomic mass is 16.7. The highest BCUT2D eigenvalue weighted by molar-refractivity contribution is 5.91. The molecule has 2 aliphatic heterocycles. The Bertz CT molecular complexity index is 1120. The SMILES string of the molecule is CC(=O)N[C@H]1[C@@H]2OC[C@@H](O2)[C@@H](O)[C@@H]1O[C@H](C)C(=O)N[C@@H](C)C(=O)N[C@H](CCC(=O)N[C@@H](CCC[C@@H](N)C(=O)O)C(=O)O)C(=O)O. The first-order valence-electron chi connectivity index (χ1n) is 14.2. The molecule has 2 fully saturated rings. The van der Waals surface area contributed by atoms with Crippen LogP contribution in [0.2, 0.25) is 0 Å². The van der Waals surface area contributed by atoms with Gasteiger partial charge in [-0.2, -0.15) is 0 Å². The summed E-state index contributed by atoms with van der Waals surface area (Å²) in [6.45, 7) is 3.92. The molecule has 0 aromatic rings. The van der Waals surface area contributed by atoms with Crippen LogP contribution in [0.4, 0.5) is 0 Å². The van der Waals surface area contributed by atoms with Crippen LogP contribution in [0.5, 0.6) is 0 Å². The van der Waals surface area contributed by atoms with E-state index in [2.05, 4.69) is 21.3 Å². The van der Waals surface area contributed by atoms with E-state index in [0.29, 0.717) is 0 Å². The van der Waals surface area contributed by atoms with Gasteiger partial charge < -0.3 is 61.6 Å². The Hall–Kier alpha value is -3.91. The number of aliphatic hydroxyl groups is 1. The molecule has 2 aliphatic rings. The number of carboxylic acid groups (broad SMARTS) is 3. The van der Waals surface area contributed by atoms with Crippen molar-refractivity contribution in [1.82, 2.24) is 21.3 Å². The molecule has 0 radical (unpaired) electrons. The van der Waals surface area contributed by atoms with Gasteiger partial charge >= 0.3 is 17.9 Å². The number of rotatable bonds is 18. The average molecular weight is 648 g/mol. The van der Waals surface area contributed by atoms with E-state index in [1.165, 1.54) is 20.8 Å². The van der Waals surface area contributed by atoms with Gasteiger partial charge in [-0.25, -0.2) is 9.59 Å². The number of nitrogens with one attached hydrogen (secondary N) is 4. The predicted molar refractivity (Wildman–Crippen MR) is 148 cm³/mol. The lowest BCUT2D eigenvalue weighted by molar-refractivity contribution is -0.209. The van der Waals surface area contributed by atoms with E-state index in [4.69, 9.17) is 25.1 Å². The van der Waals surface area contributed by atoms with E-state index >= 15 is 0 Å². The fourth-order valence-electron chi connectivity index (χ4n) is 4.65. The topological polar surface area (TPSA) is 302 Å². The van der Waals surface area contributed by atoms with Crippen LogP contribution in [0, 0.1) is 0 Å². The molecule has 0 spiro atoms. The van der Waals surface area contributed by atoms with E-state index in [-0.39, 0.29) is 25.9 Å². The molecule has 0 unspecified atom stereocenters. The monoisotopic (exact) mass is 647 g/mol. The zero-order valence-corrected chi connectivity index (χ0v) is 25.0. The van der Waals surface area contributed by atoms with Crippen LogP contribution in [0.15, 0.2) is 0 Å². The zero-order valence-electron chi connectivity index (χ0n) is 25.0. The zero-order chi connectivity index (χ0) is 34.0. The van der Waals surface area contributed by atoms with Crippen molar-refractivity contribution in [3.8, 4) is 0 Å². The summed E-state index contributed by atoms with van der Waals surface area (Å²) in [5, 5.41) is 47.7. The summed E-state index contributed by atoms with van der Waals surface area (Å²) in [4.78, 5) is 83.4. The molecule has 10 atom stereocenters. The minimum absolute atomic E-state index is 0.0211. The van der Waals surface area contributed by atoms with Crippen molar-refractivity contribution in [2.45, 2.75) is 114 Å². The van der Waals surface area contributed by atoms with Gasteiger partial charge in [-0.1, -0.05) is 0 Å². The molecule has 254 valence electrons. The largest absolute Gasteiger partial charge is 0.480 e. The molecule has 10 N–H and O–H groups in total. The Balaban J connectivity index is 1.88. The molecule has 45 heavy (non-hydrogen) atoms. The van der Waals surface area contributed by atoms with Gasteiger partial charge in [0.25, 0.3) is 0 Å². The molecule has 19 heteroatoms. The predicted octanol–water partition coefficient (Wildman–Crippen LogP) is -3.61. The van der Waals surface area contributed by atoms with E-state index in [9.17, 15) is 48.9 Å². The second kappa shape index (κ2) is 17.0. The molecule has 19 nitrogen and oxygen atoms in total. The number of nitrogens with two attached hydrogens (primary N) is 1. The van der Waals surface area contributed by atoms with Crippen LogP contribution in [-0.4, -0.2) is 129 Å². The van der Waals surface area contributed by atoms with Crippen LogP contribution < -0.4 is 27.0 Å². The maximum atomic E-state index is 12.8. The van der Waals surface area contributed by atoms with Crippen molar-refractivity contribution < 1.29 is 68.2 Å². The molecule has 2 bridgehead atoms. The van der Waals surface area contributed by atoms with E-state index in [1.807, 2.05) is 0 Å². The standard InChI is InChI=1S/C26H41N5O14/c1-10(28-22(36)11(2)44-20-18(29-12(3)32)26-43-9-16(45-26)19(20)34)21(35)31-15(25(41)42)7-8-17(33)30-14(24(39)40)6-4-5-13(27)23(37)38/h10-11,13-16,18-20,26,34H,4-9,27H2,1-3H3,(H,28,36)(H,29,32)(H,30,33)(H,31,35)(H,37,38)(H,39,40)(H,41,42)/t10-,11+,13+,14-,15+,16+,18+,19+,20+,26+/m0/s1. The lowest BCUT2D eigenvalue weighted by Gasteiger charge is -2.39. The van der Waals surface area contributed by atoms with Crippen LogP contribution in [-0.2, 0) is 47.8 Å². The third kappa shape index (κ3) is 11.2. The lowest BCUT2D eigenvalue weighted by Crippen LogP contribution is -2.62. The summed E-state index contributed by atoms with van der Waals surface area (Å²) in [7, 11) is 0. The van der Waals surface area contributed by atoms with E-state index in [0.717, 1.165) is 0 Å². The molecule has 0 aromatic carbocycles. The minimum Gasteiger partial charge on any atom is -0.480 e. The van der Waals surface area contributed by atoms with E-state index in [1.54, 1.807) is 0 Å². The van der Waals surface area contributed by atoms with Gasteiger partial charge in [-0.05, 0) is 39.5 Å². The molecular weight excluding hydrogens is 606 g/mol. The van der Waals surface area contributed by atoms with Gasteiger partial charge in [0, 0.05) is 13.3 Å². The average Bonchev–Trinajstić information content (AvgIpc) is 3.41. The summed E-state index contributed by atoms with van der Waals surface area (Å²) >= 11 is 0. The van der Waals surface area contributed by atoms with Gasteiger partial charge in [0.1, 0.15) is 54.6 Å². The quantitative estimate of drug-likeness (QED) is 0.0694. The smallest absolute Gasteiger partial charge is 0.326 e. The van der Waals surface area contributed by atoms with Crippen LogP contribution in [0.25, 0.3) is 0 Å². The normalized spacial score (nSPS) is 25.5. The summed E-state index contributed by atoms with van der Waals surface area (Å²) < 4.78 is 16.7. The highest BCUT2D eigenvalue weighted by Crippen LogP contribution is 2.30. The number of hydrogen-bond donors (Lipinski definition) is 9. The van der Waals surface area contributed by atoms with Gasteiger partial charge in [-0.15, -0.1) is 0 Å². The van der Waals surface area contributed by atoms with Crippen molar-refractivity contribution in [3.63, 3.8) is 0 Å². The number of ether oxygens (including phenoxy) is 3. The second-order valence-electron chi connectivity index (χ2n) is 10.8. The fourth-order valence-corrected chi connectivity index (χ4v) is 4.65. The van der Waals surface area contributed by atoms with Crippen molar-refractivity contribution in [1.29, 1.82) is 0 Å². The van der Waals surface area contributed by atoms with Gasteiger partial charge in [0.2, 0.25) is 23.6 Å². The summed E-state index contributed by atoms with van der Waals surface area (Å²) in [6, 6.07) is -6.32. The molecular formula is C26H41N5O14. The van der Waals surface area contributed by atoms with Crippen molar-refractivity contribution >= 4 is 41.5 Å². The lowest BCUT2D eigenvalue weighted by atomic mass is 9.98. The molecule has 2 saturated heterocycles. The highest BCUT2D eigenvalue weighted by Gasteiger charge is 2.52. The van der Waals surface area contributed by atoms with Crippen LogP contribution in [0.3, 0.4) is 0 Å². The van der Waals surface area contributed by atoms with Gasteiger partial charge in [-0.3, -0.25) is 24.0 Å². The number of carbonyl (C=O) groups is 7. The van der Waals surface area contributed by atoms with Gasteiger partial charge in [0.15, 0.2) is 6.29 Å². The first-order chi connectivity index (χ1) is 21.0. The molecule has 2 rings (SSSR count). The first-order valence-corrected chi connectivity index (χ1v) is 14.2. The number of aliphatic carboxylic acids is 3. The first kappa shape index (κ1) is 37.3. The maximum absolute atomic E-state index is 12.8. The Kier molecular flexibility index (Phi) is 14.1. The number of aliphatic hydroxyl groups excluding tert-OH is 1. The summed E-state index contributed by atoms with van der Waals surface area (Å²) in [6.07, 6.45) is -6.15. The fraction of sp³-hybridized carbons (Fsp3) is 0.731. The summed E-state index contributed by atoms with van der Waals surface area (Å²) in [5.74, 6) is -7.08. The Morgan fingerprint density at radius 1 is 0.889 bits per heavy atom. The Labute approximate surface area is 257 Å². The molecule has 4 amide bonds. The van der Waals surface area contributed by atoms with Crippen molar-refractivity contribution in [2.24, 2.45) is 5.73 Å². The number of amides is 4. The number of carbonyl (C=O) groups excluding carboxylic acids is 4. The molecule has 0 aromatic heterocycles. The number of hydrogen-bond acceptors (Lipinski definition) is 12. The van der Waals surface area contributed by atoms with Crippen LogP contribution >= 0.6 is 0 Å². The maximum Gasteiger partial charge on any atom is 0.326 e. The van der Waals surface area contributed by atoms with Crippen molar-refractivity contribution in [2.75, 3.05) is 6.61 Å². The number of fused-ring (bicyclic) bond motifs is 2. The summed E-state index contributed by atoms with van der Waals surface area (Å²) in [5.41, 5.74) is 5.38. The Morgan fingerprint density at radius 2 is 1.51 bits per heavy atom. The van der Waals surface area contributed by atoms with E-state index < -0.39 is 115 Å². The van der Waals surface area contributed by atoms with Gasteiger partial charge in [0.05, 0.1) is 6.61 Å². The third-order valence-corrected chi connectivity index (χ3v) is 7.18. The second-order valence-corrected chi connectivity index (χ2v) is 10.8. The molecule has 2 heterocycles. The Morgan fingerprint density at radius 3 is 2.09 bits per heavy atom. The van der Waals surface area contributed by atoms with Crippen LogP contribution in [0.1, 0.15) is 52.9 Å². The third-order valence-electron chi connectivity index (χ3n) is 7.18. The number of carboxylic acids is 3. The molecule has 0 saturated carbocycles.